The zero-order valence-corrected chi connectivity index (χ0v) is 16.0. The van der Waals surface area contributed by atoms with Gasteiger partial charge in [0, 0.05) is 29.4 Å². The number of amides is 1. The summed E-state index contributed by atoms with van der Waals surface area (Å²) < 4.78 is 25.4. The molecule has 146 valence electrons. The van der Waals surface area contributed by atoms with Crippen molar-refractivity contribution in [2.24, 2.45) is 10.9 Å². The molecular formula is C17H20FN3O5S. The van der Waals surface area contributed by atoms with Crippen LogP contribution in [0.5, 0.6) is 0 Å². The Morgan fingerprint density at radius 1 is 1.52 bits per heavy atom. The van der Waals surface area contributed by atoms with Gasteiger partial charge in [-0.25, -0.2) is 14.2 Å². The third-order valence-electron chi connectivity index (χ3n) is 4.27. The topological polar surface area (TPSA) is 103 Å². The highest BCUT2D eigenvalue weighted by atomic mass is 32.2. The number of carbonyl (C=O) groups excluding carboxylic acids is 1. The third kappa shape index (κ3) is 4.06. The van der Waals surface area contributed by atoms with Crippen LogP contribution in [0.2, 0.25) is 0 Å². The van der Waals surface area contributed by atoms with E-state index in [4.69, 9.17) is 9.47 Å². The van der Waals surface area contributed by atoms with Gasteiger partial charge < -0.3 is 9.47 Å². The van der Waals surface area contributed by atoms with Crippen molar-refractivity contribution >= 4 is 28.7 Å². The normalized spacial score (nSPS) is 24.7. The number of ether oxygens (including phenoxy) is 2. The van der Waals surface area contributed by atoms with Gasteiger partial charge in [-0.2, -0.15) is 0 Å². The SMILES string of the molecule is CC(C)(C)OC(=O)NC1=N[C@@]2(c3cc([N+](=O)[O-])ccc3F)COC[C@H]2CS1. The molecular weight excluding hydrogens is 377 g/mol. The predicted octanol–water partition coefficient (Wildman–Crippen LogP) is 3.20. The lowest BCUT2D eigenvalue weighted by Crippen LogP contribution is -2.43. The fraction of sp³-hybridized carbons (Fsp3) is 0.529. The second-order valence-corrected chi connectivity index (χ2v) is 8.42. The molecule has 0 saturated carbocycles. The molecule has 1 aromatic carbocycles. The number of thioether (sulfide) groups is 1. The van der Waals surface area contributed by atoms with Crippen LogP contribution in [0.3, 0.4) is 0 Å². The van der Waals surface area contributed by atoms with Crippen LogP contribution in [0.1, 0.15) is 26.3 Å². The maximum atomic E-state index is 14.6. The summed E-state index contributed by atoms with van der Waals surface area (Å²) in [6.07, 6.45) is -0.666. The number of hydrogen-bond acceptors (Lipinski definition) is 7. The Balaban J connectivity index is 1.97. The first-order valence-electron chi connectivity index (χ1n) is 8.35. The number of nitrogens with zero attached hydrogens (tertiary/aromatic N) is 2. The molecule has 1 amide bonds. The summed E-state index contributed by atoms with van der Waals surface area (Å²) in [5.41, 5.74) is -1.91. The molecule has 0 aliphatic carbocycles. The maximum absolute atomic E-state index is 14.6. The summed E-state index contributed by atoms with van der Waals surface area (Å²) in [6, 6.07) is 3.37. The number of nitro groups is 1. The van der Waals surface area contributed by atoms with Crippen molar-refractivity contribution in [2.45, 2.75) is 31.9 Å². The number of carbonyl (C=O) groups is 1. The number of nitro benzene ring substituents is 1. The number of fused-ring (bicyclic) bond motifs is 1. The molecule has 1 saturated heterocycles. The molecule has 8 nitrogen and oxygen atoms in total. The smallest absolute Gasteiger partial charge is 0.413 e. The number of rotatable bonds is 2. The van der Waals surface area contributed by atoms with Crippen molar-refractivity contribution in [1.29, 1.82) is 0 Å². The van der Waals surface area contributed by atoms with E-state index in [0.29, 0.717) is 12.4 Å². The first-order chi connectivity index (χ1) is 12.6. The van der Waals surface area contributed by atoms with Crippen LogP contribution in [0.15, 0.2) is 23.2 Å². The van der Waals surface area contributed by atoms with Crippen LogP contribution in [0, 0.1) is 21.8 Å². The maximum Gasteiger partial charge on any atom is 0.413 e. The minimum atomic E-state index is -1.12. The molecule has 10 heteroatoms. The van der Waals surface area contributed by atoms with Gasteiger partial charge in [0.25, 0.3) is 5.69 Å². The van der Waals surface area contributed by atoms with Crippen LogP contribution in [0.4, 0.5) is 14.9 Å². The number of non-ortho nitro benzene ring substituents is 1. The Morgan fingerprint density at radius 3 is 2.93 bits per heavy atom. The van der Waals surface area contributed by atoms with Gasteiger partial charge in [0.2, 0.25) is 0 Å². The lowest BCUT2D eigenvalue weighted by molar-refractivity contribution is -0.385. The van der Waals surface area contributed by atoms with Gasteiger partial charge in [0.15, 0.2) is 5.17 Å². The number of hydrogen-bond donors (Lipinski definition) is 1. The van der Waals surface area contributed by atoms with E-state index in [0.717, 1.165) is 12.1 Å². The monoisotopic (exact) mass is 397 g/mol. The van der Waals surface area contributed by atoms with Gasteiger partial charge in [-0.15, -0.1) is 0 Å². The molecule has 2 aliphatic heterocycles. The zero-order valence-electron chi connectivity index (χ0n) is 15.2. The van der Waals surface area contributed by atoms with Gasteiger partial charge in [0.05, 0.1) is 18.1 Å². The number of amidine groups is 1. The summed E-state index contributed by atoms with van der Waals surface area (Å²) in [7, 11) is 0. The Labute approximate surface area is 159 Å². The highest BCUT2D eigenvalue weighted by Crippen LogP contribution is 2.46. The molecule has 0 unspecified atom stereocenters. The van der Waals surface area contributed by atoms with Crippen molar-refractivity contribution in [1.82, 2.24) is 5.32 Å². The molecule has 0 bridgehead atoms. The molecule has 0 spiro atoms. The van der Waals surface area contributed by atoms with E-state index in [1.807, 2.05) is 0 Å². The summed E-state index contributed by atoms with van der Waals surface area (Å²) in [5, 5.41) is 14.0. The number of alkyl carbamates (subject to hydrolysis) is 1. The summed E-state index contributed by atoms with van der Waals surface area (Å²) >= 11 is 1.31. The molecule has 0 aromatic heterocycles. The lowest BCUT2D eigenvalue weighted by atomic mass is 9.81. The fourth-order valence-corrected chi connectivity index (χ4v) is 4.20. The molecule has 1 N–H and O–H groups in total. The fourth-order valence-electron chi connectivity index (χ4n) is 3.09. The minimum Gasteiger partial charge on any atom is -0.444 e. The van der Waals surface area contributed by atoms with Crippen molar-refractivity contribution in [3.8, 4) is 0 Å². The van der Waals surface area contributed by atoms with Crippen molar-refractivity contribution < 1.29 is 23.6 Å². The average Bonchev–Trinajstić information content (AvgIpc) is 2.97. The standard InChI is InChI=1S/C17H20FN3O5S/c1-16(2,3)26-15(22)19-14-20-17(9-25-7-10(17)8-27-14)12-6-11(21(23)24)4-5-13(12)18/h4-6,10H,7-9H2,1-3H3,(H,19,20,22)/t10-,17-/m0/s1. The second kappa shape index (κ2) is 7.08. The van der Waals surface area contributed by atoms with Gasteiger partial charge in [-0.3, -0.25) is 15.4 Å². The van der Waals surface area contributed by atoms with E-state index in [9.17, 15) is 19.3 Å². The van der Waals surface area contributed by atoms with Gasteiger partial charge in [-0.05, 0) is 26.8 Å². The molecule has 0 radical (unpaired) electrons. The third-order valence-corrected chi connectivity index (χ3v) is 5.31. The molecule has 2 aliphatic rings. The lowest BCUT2D eigenvalue weighted by Gasteiger charge is -2.34. The Hall–Kier alpha value is -2.20. The van der Waals surface area contributed by atoms with Gasteiger partial charge >= 0.3 is 6.09 Å². The number of benzene rings is 1. The summed E-state index contributed by atoms with van der Waals surface area (Å²) in [4.78, 5) is 27.1. The van der Waals surface area contributed by atoms with Crippen LogP contribution in [-0.4, -0.2) is 40.8 Å². The minimum absolute atomic E-state index is 0.0792. The Bertz CT molecular complexity index is 810. The largest absolute Gasteiger partial charge is 0.444 e. The summed E-state index contributed by atoms with van der Waals surface area (Å²) in [5.74, 6) is -0.233. The van der Waals surface area contributed by atoms with E-state index >= 15 is 0 Å². The van der Waals surface area contributed by atoms with Crippen LogP contribution < -0.4 is 5.32 Å². The Kier molecular flexibility index (Phi) is 5.13. The molecule has 2 heterocycles. The van der Waals surface area contributed by atoms with Gasteiger partial charge in [-0.1, -0.05) is 11.8 Å². The second-order valence-electron chi connectivity index (χ2n) is 7.41. The van der Waals surface area contributed by atoms with E-state index in [1.54, 1.807) is 20.8 Å². The van der Waals surface area contributed by atoms with Crippen molar-refractivity contribution in [2.75, 3.05) is 19.0 Å². The predicted molar refractivity (Wildman–Crippen MR) is 98.3 cm³/mol. The van der Waals surface area contributed by atoms with Gasteiger partial charge in [0.1, 0.15) is 17.0 Å². The molecule has 1 aromatic rings. The number of aliphatic imine (C=N–C) groups is 1. The summed E-state index contributed by atoms with van der Waals surface area (Å²) in [6.45, 7) is 5.66. The first kappa shape index (κ1) is 19.6. The molecule has 27 heavy (non-hydrogen) atoms. The first-order valence-corrected chi connectivity index (χ1v) is 9.34. The van der Waals surface area contributed by atoms with Crippen LogP contribution in [-0.2, 0) is 15.0 Å². The Morgan fingerprint density at radius 2 is 2.26 bits per heavy atom. The van der Waals surface area contributed by atoms with Crippen LogP contribution in [0.25, 0.3) is 0 Å². The zero-order chi connectivity index (χ0) is 19.8. The number of nitrogens with one attached hydrogen (secondary N) is 1. The highest BCUT2D eigenvalue weighted by Gasteiger charge is 2.50. The van der Waals surface area contributed by atoms with E-state index in [2.05, 4.69) is 10.3 Å². The highest BCUT2D eigenvalue weighted by molar-refractivity contribution is 8.13. The van der Waals surface area contributed by atoms with E-state index in [-0.39, 0.29) is 28.9 Å². The van der Waals surface area contributed by atoms with E-state index in [1.165, 1.54) is 17.8 Å². The van der Waals surface area contributed by atoms with Crippen molar-refractivity contribution in [3.63, 3.8) is 0 Å². The quantitative estimate of drug-likeness (QED) is 0.607. The van der Waals surface area contributed by atoms with Crippen molar-refractivity contribution in [3.05, 3.63) is 39.7 Å². The molecule has 2 atom stereocenters. The number of halogens is 1. The molecule has 3 rings (SSSR count). The van der Waals surface area contributed by atoms with Crippen LogP contribution >= 0.6 is 11.8 Å². The van der Waals surface area contributed by atoms with E-state index < -0.39 is 28.0 Å². The molecule has 1 fully saturated rings. The average molecular weight is 397 g/mol.